The molecule has 0 saturated carbocycles. The molecule has 0 saturated heterocycles. The molecule has 56 valence electrons. The van der Waals surface area contributed by atoms with Crippen molar-refractivity contribution in [3.63, 3.8) is 0 Å². The van der Waals surface area contributed by atoms with E-state index in [0.29, 0.717) is 4.21 Å². The van der Waals surface area contributed by atoms with E-state index in [1.807, 2.05) is 0 Å². The van der Waals surface area contributed by atoms with Gasteiger partial charge in [0.25, 0.3) is 0 Å². The largest absolute Gasteiger partial charge is 0.257 e. The molecular weight excluding hydrogens is 234 g/mol. The summed E-state index contributed by atoms with van der Waals surface area (Å²) in [4.78, 5) is 0. The number of hydrogen-bond acceptors (Lipinski definition) is 3. The zero-order chi connectivity index (χ0) is 7.78. The SMILES string of the molecule is N=S(=N)(N)c1ccc(Br)s1. The lowest BCUT2D eigenvalue weighted by Gasteiger charge is -1.96. The van der Waals surface area contributed by atoms with E-state index < -0.39 is 9.81 Å². The van der Waals surface area contributed by atoms with Gasteiger partial charge >= 0.3 is 0 Å². The highest BCUT2D eigenvalue weighted by atomic mass is 79.9. The zero-order valence-corrected chi connectivity index (χ0v) is 8.15. The summed E-state index contributed by atoms with van der Waals surface area (Å²) in [6, 6.07) is 3.52. The second-order valence-electron chi connectivity index (χ2n) is 1.72. The van der Waals surface area contributed by atoms with E-state index in [0.717, 1.165) is 3.79 Å². The summed E-state index contributed by atoms with van der Waals surface area (Å²) in [5, 5.41) is 5.28. The van der Waals surface area contributed by atoms with Crippen molar-refractivity contribution in [3.05, 3.63) is 15.9 Å². The van der Waals surface area contributed by atoms with Gasteiger partial charge in [0.15, 0.2) is 0 Å². The number of nitrogens with one attached hydrogen (secondary N) is 2. The number of thiophene rings is 1. The van der Waals surface area contributed by atoms with Crippen LogP contribution in [0.25, 0.3) is 0 Å². The van der Waals surface area contributed by atoms with Crippen LogP contribution in [0.3, 0.4) is 0 Å². The lowest BCUT2D eigenvalue weighted by Crippen LogP contribution is -2.05. The summed E-state index contributed by atoms with van der Waals surface area (Å²) < 4.78 is 16.0. The van der Waals surface area contributed by atoms with E-state index in [-0.39, 0.29) is 0 Å². The molecule has 6 heteroatoms. The fourth-order valence-electron chi connectivity index (χ4n) is 0.471. The third kappa shape index (κ3) is 1.79. The monoisotopic (exact) mass is 239 g/mol. The third-order valence-electron chi connectivity index (χ3n) is 0.866. The normalized spacial score (nSPS) is 11.8. The molecule has 0 aromatic carbocycles. The van der Waals surface area contributed by atoms with E-state index in [2.05, 4.69) is 15.9 Å². The molecule has 0 amide bonds. The lowest BCUT2D eigenvalue weighted by molar-refractivity contribution is 1.45. The molecule has 0 unspecified atom stereocenters. The summed E-state index contributed by atoms with van der Waals surface area (Å²) in [5.74, 6) is 0. The number of halogens is 1. The van der Waals surface area contributed by atoms with Crippen molar-refractivity contribution in [2.75, 3.05) is 0 Å². The van der Waals surface area contributed by atoms with Crippen LogP contribution >= 0.6 is 27.3 Å². The molecule has 1 rings (SSSR count). The quantitative estimate of drug-likeness (QED) is 0.692. The molecule has 0 spiro atoms. The summed E-state index contributed by atoms with van der Waals surface area (Å²) in [5.41, 5.74) is 0. The van der Waals surface area contributed by atoms with Crippen LogP contribution in [0.1, 0.15) is 0 Å². The fourth-order valence-corrected chi connectivity index (χ4v) is 2.99. The molecular formula is C4H6BrN3S2. The maximum absolute atomic E-state index is 7.20. The van der Waals surface area contributed by atoms with Gasteiger partial charge in [-0.2, -0.15) is 0 Å². The van der Waals surface area contributed by atoms with Crippen molar-refractivity contribution in [2.24, 2.45) is 5.14 Å². The fraction of sp³-hybridized carbons (Fsp3) is 0. The van der Waals surface area contributed by atoms with Crippen LogP contribution in [0, 0.1) is 9.56 Å². The van der Waals surface area contributed by atoms with E-state index in [1.54, 1.807) is 12.1 Å². The lowest BCUT2D eigenvalue weighted by atomic mass is 10.7. The Bertz CT molecular complexity index is 326. The molecule has 10 heavy (non-hydrogen) atoms. The van der Waals surface area contributed by atoms with Crippen molar-refractivity contribution in [1.82, 2.24) is 0 Å². The first-order chi connectivity index (χ1) is 4.50. The Balaban J connectivity index is 3.21. The summed E-state index contributed by atoms with van der Waals surface area (Å²) in [7, 11) is -2.49. The highest BCUT2D eigenvalue weighted by Gasteiger charge is 2.01. The minimum absolute atomic E-state index is 0.624. The van der Waals surface area contributed by atoms with Crippen LogP contribution in [-0.2, 0) is 9.81 Å². The Morgan fingerprint density at radius 3 is 2.30 bits per heavy atom. The Morgan fingerprint density at radius 2 is 2.10 bits per heavy atom. The minimum Gasteiger partial charge on any atom is -0.257 e. The second kappa shape index (κ2) is 2.61. The van der Waals surface area contributed by atoms with Crippen LogP contribution in [0.2, 0.25) is 0 Å². The van der Waals surface area contributed by atoms with E-state index in [4.69, 9.17) is 14.7 Å². The van der Waals surface area contributed by atoms with Gasteiger partial charge in [-0.3, -0.25) is 14.7 Å². The molecule has 0 bridgehead atoms. The molecule has 0 radical (unpaired) electrons. The van der Waals surface area contributed by atoms with E-state index in [1.165, 1.54) is 11.3 Å². The van der Waals surface area contributed by atoms with Gasteiger partial charge < -0.3 is 0 Å². The molecule has 1 heterocycles. The van der Waals surface area contributed by atoms with Crippen molar-refractivity contribution in [1.29, 1.82) is 9.56 Å². The molecule has 0 atom stereocenters. The van der Waals surface area contributed by atoms with Gasteiger partial charge in [-0.25, -0.2) is 0 Å². The summed E-state index contributed by atoms with van der Waals surface area (Å²) in [6.45, 7) is 0. The highest BCUT2D eigenvalue weighted by molar-refractivity contribution is 9.11. The van der Waals surface area contributed by atoms with Crippen LogP contribution in [0.5, 0.6) is 0 Å². The van der Waals surface area contributed by atoms with E-state index >= 15 is 0 Å². The number of hydrogen-bond donors (Lipinski definition) is 3. The molecule has 0 aliphatic rings. The Labute approximate surface area is 71.9 Å². The standard InChI is InChI=1S/C4H6BrN3S2/c5-3-1-2-4(9-3)10(6,7)8/h1-2H,(H4,6,7,8). The van der Waals surface area contributed by atoms with Gasteiger partial charge in [-0.15, -0.1) is 11.3 Å². The minimum atomic E-state index is -2.49. The first-order valence-electron chi connectivity index (χ1n) is 2.36. The van der Waals surface area contributed by atoms with Crippen LogP contribution in [0.15, 0.2) is 20.1 Å². The molecule has 1 aromatic rings. The maximum atomic E-state index is 7.20. The van der Waals surface area contributed by atoms with Gasteiger partial charge in [0.2, 0.25) is 0 Å². The predicted octanol–water partition coefficient (Wildman–Crippen LogP) is 2.42. The Morgan fingerprint density at radius 1 is 1.50 bits per heavy atom. The third-order valence-corrected chi connectivity index (χ3v) is 4.09. The van der Waals surface area contributed by atoms with Crippen LogP contribution in [-0.4, -0.2) is 0 Å². The van der Waals surface area contributed by atoms with Crippen molar-refractivity contribution in [2.45, 2.75) is 4.21 Å². The molecule has 4 N–H and O–H groups in total. The smallest absolute Gasteiger partial charge is 0.0950 e. The number of rotatable bonds is 1. The van der Waals surface area contributed by atoms with Crippen molar-refractivity contribution >= 4 is 37.1 Å². The summed E-state index contributed by atoms with van der Waals surface area (Å²) >= 11 is 4.58. The van der Waals surface area contributed by atoms with Gasteiger partial charge in [0.1, 0.15) is 0 Å². The van der Waals surface area contributed by atoms with E-state index in [9.17, 15) is 0 Å². The molecule has 1 aromatic heterocycles. The van der Waals surface area contributed by atoms with Gasteiger partial charge in [-0.05, 0) is 28.1 Å². The van der Waals surface area contributed by atoms with Crippen LogP contribution < -0.4 is 5.14 Å². The topological polar surface area (TPSA) is 73.7 Å². The van der Waals surface area contributed by atoms with Gasteiger partial charge in [0, 0.05) is 9.81 Å². The van der Waals surface area contributed by atoms with Gasteiger partial charge in [0.05, 0.1) is 8.00 Å². The zero-order valence-electron chi connectivity index (χ0n) is 4.93. The number of nitrogens with two attached hydrogens (primary N) is 1. The predicted molar refractivity (Wildman–Crippen MR) is 47.3 cm³/mol. The second-order valence-corrected chi connectivity index (χ2v) is 6.20. The average molecular weight is 240 g/mol. The Hall–Kier alpha value is 0.0900. The van der Waals surface area contributed by atoms with Gasteiger partial charge in [-0.1, -0.05) is 0 Å². The van der Waals surface area contributed by atoms with Crippen molar-refractivity contribution < 1.29 is 0 Å². The molecule has 0 aliphatic carbocycles. The van der Waals surface area contributed by atoms with Crippen molar-refractivity contribution in [3.8, 4) is 0 Å². The highest BCUT2D eigenvalue weighted by Crippen LogP contribution is 2.25. The summed E-state index contributed by atoms with van der Waals surface area (Å²) in [6.07, 6.45) is 0. The molecule has 0 aliphatic heterocycles. The molecule has 3 nitrogen and oxygen atoms in total. The average Bonchev–Trinajstić information content (AvgIpc) is 2.11. The van der Waals surface area contributed by atoms with Crippen LogP contribution in [0.4, 0.5) is 0 Å². The Kier molecular flexibility index (Phi) is 2.14. The maximum Gasteiger partial charge on any atom is 0.0950 e. The first-order valence-corrected chi connectivity index (χ1v) is 5.66. The molecule has 0 fully saturated rings. The first kappa shape index (κ1) is 8.19.